The summed E-state index contributed by atoms with van der Waals surface area (Å²) in [6, 6.07) is 10.3. The Bertz CT molecular complexity index is 942. The van der Waals surface area contributed by atoms with Crippen molar-refractivity contribution in [2.75, 3.05) is 9.62 Å². The summed E-state index contributed by atoms with van der Waals surface area (Å²) in [5.41, 5.74) is 0.351. The molecule has 1 N–H and O–H groups in total. The molecule has 0 spiro atoms. The van der Waals surface area contributed by atoms with Gasteiger partial charge in [0.1, 0.15) is 6.04 Å². The van der Waals surface area contributed by atoms with Crippen LogP contribution in [-0.4, -0.2) is 25.3 Å². The number of nitro groups is 1. The highest BCUT2D eigenvalue weighted by Crippen LogP contribution is 2.36. The van der Waals surface area contributed by atoms with Crippen molar-refractivity contribution in [2.24, 2.45) is 0 Å². The number of nitrogens with one attached hydrogen (secondary N) is 1. The predicted octanol–water partition coefficient (Wildman–Crippen LogP) is 2.13. The van der Waals surface area contributed by atoms with Crippen LogP contribution in [0.15, 0.2) is 53.4 Å². The number of nitro benzene ring substituents is 1. The Morgan fingerprint density at radius 3 is 2.58 bits per heavy atom. The topological polar surface area (TPSA) is 110 Å². The van der Waals surface area contributed by atoms with Crippen molar-refractivity contribution in [3.05, 3.63) is 58.6 Å². The molecule has 24 heavy (non-hydrogen) atoms. The van der Waals surface area contributed by atoms with E-state index in [4.69, 9.17) is 0 Å². The first-order valence-electron chi connectivity index (χ1n) is 7.01. The Morgan fingerprint density at radius 2 is 1.88 bits per heavy atom. The molecule has 8 nitrogen and oxygen atoms in total. The monoisotopic (exact) mass is 347 g/mol. The molecular formula is C15H13N3O5S. The Morgan fingerprint density at radius 1 is 1.17 bits per heavy atom. The standard InChI is InChI=1S/C15H13N3O5S/c1-10-15(19)16-13-7-2-3-8-14(13)17(10)24(22,23)12-6-4-5-11(9-12)18(20)21/h2-10H,1H3,(H,16,19). The molecule has 0 radical (unpaired) electrons. The highest BCUT2D eigenvalue weighted by atomic mass is 32.2. The van der Waals surface area contributed by atoms with Crippen molar-refractivity contribution in [3.63, 3.8) is 0 Å². The molecule has 1 heterocycles. The molecule has 0 saturated carbocycles. The summed E-state index contributed by atoms with van der Waals surface area (Å²) in [4.78, 5) is 22.1. The Kier molecular flexibility index (Phi) is 3.72. The van der Waals surface area contributed by atoms with Gasteiger partial charge in [-0.3, -0.25) is 19.2 Å². The van der Waals surface area contributed by atoms with E-state index in [-0.39, 0.29) is 10.6 Å². The van der Waals surface area contributed by atoms with Gasteiger partial charge < -0.3 is 5.32 Å². The summed E-state index contributed by atoms with van der Waals surface area (Å²) in [6.45, 7) is 1.46. The zero-order valence-corrected chi connectivity index (χ0v) is 13.4. The van der Waals surface area contributed by atoms with Crippen LogP contribution in [0.25, 0.3) is 0 Å². The van der Waals surface area contributed by atoms with Crippen LogP contribution in [0.5, 0.6) is 0 Å². The Balaban J connectivity index is 2.17. The van der Waals surface area contributed by atoms with Crippen molar-refractivity contribution in [3.8, 4) is 0 Å². The lowest BCUT2D eigenvalue weighted by molar-refractivity contribution is -0.385. The molecule has 124 valence electrons. The SMILES string of the molecule is CC1C(=O)Nc2ccccc2N1S(=O)(=O)c1cccc([N+](=O)[O-])c1. The molecule has 2 aromatic carbocycles. The normalized spacial score (nSPS) is 17.1. The van der Waals surface area contributed by atoms with E-state index in [2.05, 4.69) is 5.32 Å². The molecule has 0 fully saturated rings. The lowest BCUT2D eigenvalue weighted by Crippen LogP contribution is -2.49. The number of hydrogen-bond acceptors (Lipinski definition) is 5. The van der Waals surface area contributed by atoms with Gasteiger partial charge in [-0.15, -0.1) is 0 Å². The van der Waals surface area contributed by atoms with E-state index in [0.29, 0.717) is 11.4 Å². The lowest BCUT2D eigenvalue weighted by Gasteiger charge is -2.35. The van der Waals surface area contributed by atoms with Crippen LogP contribution in [0.4, 0.5) is 17.1 Å². The maximum atomic E-state index is 13.0. The van der Waals surface area contributed by atoms with Gasteiger partial charge in [-0.2, -0.15) is 0 Å². The van der Waals surface area contributed by atoms with E-state index in [9.17, 15) is 23.3 Å². The maximum absolute atomic E-state index is 13.0. The molecule has 1 aliphatic rings. The number of rotatable bonds is 3. The third-order valence-corrected chi connectivity index (χ3v) is 5.60. The van der Waals surface area contributed by atoms with Crippen LogP contribution >= 0.6 is 0 Å². The zero-order valence-electron chi connectivity index (χ0n) is 12.5. The Hall–Kier alpha value is -2.94. The van der Waals surface area contributed by atoms with Crippen LogP contribution < -0.4 is 9.62 Å². The number of non-ortho nitro benzene ring substituents is 1. The van der Waals surface area contributed by atoms with Gasteiger partial charge >= 0.3 is 0 Å². The third-order valence-electron chi connectivity index (χ3n) is 3.72. The van der Waals surface area contributed by atoms with E-state index >= 15 is 0 Å². The van der Waals surface area contributed by atoms with Crippen molar-refractivity contribution >= 4 is 33.0 Å². The number of sulfonamides is 1. The fourth-order valence-corrected chi connectivity index (χ4v) is 4.21. The Labute approximate surface area is 137 Å². The van der Waals surface area contributed by atoms with E-state index in [1.54, 1.807) is 24.3 Å². The van der Waals surface area contributed by atoms with E-state index in [1.807, 2.05) is 0 Å². The number of hydrogen-bond donors (Lipinski definition) is 1. The summed E-state index contributed by atoms with van der Waals surface area (Å²) < 4.78 is 27.0. The molecule has 1 unspecified atom stereocenters. The van der Waals surface area contributed by atoms with Gasteiger partial charge in [0, 0.05) is 12.1 Å². The van der Waals surface area contributed by atoms with Gasteiger partial charge in [-0.1, -0.05) is 18.2 Å². The van der Waals surface area contributed by atoms with Gasteiger partial charge in [0.15, 0.2) is 0 Å². The van der Waals surface area contributed by atoms with E-state index < -0.39 is 26.9 Å². The summed E-state index contributed by atoms with van der Waals surface area (Å²) in [6.07, 6.45) is 0. The molecule has 1 atom stereocenters. The van der Waals surface area contributed by atoms with E-state index in [1.165, 1.54) is 25.1 Å². The van der Waals surface area contributed by atoms with E-state index in [0.717, 1.165) is 10.4 Å². The number of benzene rings is 2. The van der Waals surface area contributed by atoms with Crippen molar-refractivity contribution < 1.29 is 18.1 Å². The zero-order chi connectivity index (χ0) is 17.5. The molecule has 0 aliphatic carbocycles. The molecule has 0 bridgehead atoms. The van der Waals surface area contributed by atoms with Crippen molar-refractivity contribution in [2.45, 2.75) is 17.9 Å². The number of carbonyl (C=O) groups excluding carboxylic acids is 1. The van der Waals surface area contributed by atoms with Crippen molar-refractivity contribution in [1.82, 2.24) is 0 Å². The van der Waals surface area contributed by atoms with Crippen LogP contribution in [0.1, 0.15) is 6.92 Å². The summed E-state index contributed by atoms with van der Waals surface area (Å²) >= 11 is 0. The van der Waals surface area contributed by atoms with Crippen LogP contribution in [0.2, 0.25) is 0 Å². The second-order valence-corrected chi connectivity index (χ2v) is 7.05. The first-order valence-corrected chi connectivity index (χ1v) is 8.45. The summed E-state index contributed by atoms with van der Waals surface area (Å²) in [5, 5.41) is 13.5. The third kappa shape index (κ3) is 2.48. The fourth-order valence-electron chi connectivity index (χ4n) is 2.53. The number of para-hydroxylation sites is 2. The minimum atomic E-state index is -4.15. The molecule has 9 heteroatoms. The molecule has 0 saturated heterocycles. The number of fused-ring (bicyclic) bond motifs is 1. The second-order valence-electron chi connectivity index (χ2n) is 5.24. The average Bonchev–Trinajstić information content (AvgIpc) is 2.55. The van der Waals surface area contributed by atoms with Crippen molar-refractivity contribution in [1.29, 1.82) is 0 Å². The minimum absolute atomic E-state index is 0.243. The quantitative estimate of drug-likeness (QED) is 0.675. The number of amides is 1. The predicted molar refractivity (Wildman–Crippen MR) is 87.3 cm³/mol. The first kappa shape index (κ1) is 15.9. The lowest BCUT2D eigenvalue weighted by atomic mass is 10.1. The maximum Gasteiger partial charge on any atom is 0.270 e. The fraction of sp³-hybridized carbons (Fsp3) is 0.133. The minimum Gasteiger partial charge on any atom is -0.322 e. The van der Waals surface area contributed by atoms with Gasteiger partial charge in [0.25, 0.3) is 15.7 Å². The number of carbonyl (C=O) groups is 1. The number of nitrogens with zero attached hydrogens (tertiary/aromatic N) is 2. The van der Waals surface area contributed by atoms with Crippen LogP contribution in [0.3, 0.4) is 0 Å². The highest BCUT2D eigenvalue weighted by Gasteiger charge is 2.38. The van der Waals surface area contributed by atoms with Gasteiger partial charge in [-0.05, 0) is 25.1 Å². The number of anilines is 2. The summed E-state index contributed by atoms with van der Waals surface area (Å²) in [7, 11) is -4.15. The largest absolute Gasteiger partial charge is 0.322 e. The van der Waals surface area contributed by atoms with Crippen LogP contribution in [0, 0.1) is 10.1 Å². The molecule has 1 aliphatic heterocycles. The van der Waals surface area contributed by atoms with Crippen LogP contribution in [-0.2, 0) is 14.8 Å². The smallest absolute Gasteiger partial charge is 0.270 e. The molecule has 2 aromatic rings. The molecule has 1 amide bonds. The highest BCUT2D eigenvalue weighted by molar-refractivity contribution is 7.93. The van der Waals surface area contributed by atoms with Gasteiger partial charge in [0.2, 0.25) is 5.91 Å². The van der Waals surface area contributed by atoms with Gasteiger partial charge in [0.05, 0.1) is 21.2 Å². The molecular weight excluding hydrogens is 334 g/mol. The molecule has 0 aromatic heterocycles. The summed E-state index contributed by atoms with van der Waals surface area (Å²) in [5.74, 6) is -0.470. The van der Waals surface area contributed by atoms with Gasteiger partial charge in [-0.25, -0.2) is 8.42 Å². The average molecular weight is 347 g/mol. The molecule has 3 rings (SSSR count). The second kappa shape index (κ2) is 5.60. The first-order chi connectivity index (χ1) is 11.3.